The number of nitrogens with two attached hydrogens (primary N) is 1. The van der Waals surface area contributed by atoms with Crippen LogP contribution in [-0.4, -0.2) is 24.7 Å². The maximum Gasteiger partial charge on any atom is 0.340 e. The summed E-state index contributed by atoms with van der Waals surface area (Å²) in [7, 11) is 0. The molecule has 0 fully saturated rings. The number of ether oxygens (including phenoxy) is 1. The lowest BCUT2D eigenvalue weighted by molar-refractivity contribution is -0.148. The summed E-state index contributed by atoms with van der Waals surface area (Å²) in [4.78, 5) is 0.808. The van der Waals surface area contributed by atoms with Gasteiger partial charge in [0.05, 0.1) is 0 Å². The number of thioether (sulfide) groups is 1. The van der Waals surface area contributed by atoms with Gasteiger partial charge < -0.3 is 10.5 Å². The normalized spacial score (nSPS) is 11.9. The second kappa shape index (κ2) is 7.00. The molecule has 0 unspecified atom stereocenters. The summed E-state index contributed by atoms with van der Waals surface area (Å²) >= 11 is 1.48. The molecule has 0 saturated heterocycles. The van der Waals surface area contributed by atoms with Crippen molar-refractivity contribution in [3.63, 3.8) is 0 Å². The molecule has 0 radical (unpaired) electrons. The molecule has 0 amide bonds. The summed E-state index contributed by atoms with van der Waals surface area (Å²) in [6, 6.07) is 4.85. The van der Waals surface area contributed by atoms with Crippen molar-refractivity contribution in [3.8, 4) is 5.75 Å². The van der Waals surface area contributed by atoms with Gasteiger partial charge in [-0.05, 0) is 17.9 Å². The van der Waals surface area contributed by atoms with Crippen molar-refractivity contribution in [1.29, 1.82) is 0 Å². The molecule has 0 spiro atoms. The van der Waals surface area contributed by atoms with Crippen LogP contribution in [0, 0.1) is 0 Å². The van der Waals surface area contributed by atoms with Gasteiger partial charge in [0, 0.05) is 17.0 Å². The SMILES string of the molecule is CCSc1cccc(OCC(F)(F)C(F)F)c1CN. The Balaban J connectivity index is 2.86. The number of benzene rings is 1. The molecule has 0 bridgehead atoms. The van der Waals surface area contributed by atoms with Crippen molar-refractivity contribution in [2.75, 3.05) is 12.4 Å². The van der Waals surface area contributed by atoms with E-state index in [2.05, 4.69) is 0 Å². The fraction of sp³-hybridized carbons (Fsp3) is 0.500. The molecule has 0 aromatic heterocycles. The third-order valence-corrected chi connectivity index (χ3v) is 3.32. The highest BCUT2D eigenvalue weighted by molar-refractivity contribution is 7.99. The Kier molecular flexibility index (Phi) is 5.93. The van der Waals surface area contributed by atoms with Gasteiger partial charge in [0.1, 0.15) is 5.75 Å². The minimum atomic E-state index is -4.17. The smallest absolute Gasteiger partial charge is 0.340 e. The molecule has 0 heterocycles. The van der Waals surface area contributed by atoms with E-state index in [4.69, 9.17) is 10.5 Å². The Labute approximate surface area is 113 Å². The highest BCUT2D eigenvalue weighted by Gasteiger charge is 2.41. The predicted octanol–water partition coefficient (Wildman–Crippen LogP) is 3.54. The van der Waals surface area contributed by atoms with E-state index in [1.807, 2.05) is 6.92 Å². The predicted molar refractivity (Wildman–Crippen MR) is 67.2 cm³/mol. The second-order valence-corrected chi connectivity index (χ2v) is 5.03. The first kappa shape index (κ1) is 16.1. The average molecular weight is 297 g/mol. The van der Waals surface area contributed by atoms with Crippen molar-refractivity contribution in [3.05, 3.63) is 23.8 Å². The molecule has 1 aromatic rings. The lowest BCUT2D eigenvalue weighted by Gasteiger charge is -2.18. The fourth-order valence-electron chi connectivity index (χ4n) is 1.41. The molecule has 7 heteroatoms. The molecule has 2 N–H and O–H groups in total. The summed E-state index contributed by atoms with van der Waals surface area (Å²) in [6.07, 6.45) is -3.75. The molecule has 108 valence electrons. The third-order valence-electron chi connectivity index (χ3n) is 2.33. The average Bonchev–Trinajstić information content (AvgIpc) is 2.36. The molecule has 19 heavy (non-hydrogen) atoms. The Morgan fingerprint density at radius 1 is 1.37 bits per heavy atom. The van der Waals surface area contributed by atoms with Crippen molar-refractivity contribution < 1.29 is 22.3 Å². The number of alkyl halides is 4. The van der Waals surface area contributed by atoms with Crippen molar-refractivity contribution in [2.45, 2.75) is 30.7 Å². The molecule has 0 aliphatic rings. The highest BCUT2D eigenvalue weighted by Crippen LogP contribution is 2.31. The number of halogens is 4. The van der Waals surface area contributed by atoms with E-state index >= 15 is 0 Å². The Morgan fingerprint density at radius 2 is 2.05 bits per heavy atom. The maximum absolute atomic E-state index is 12.8. The van der Waals surface area contributed by atoms with Crippen LogP contribution in [0.1, 0.15) is 12.5 Å². The van der Waals surface area contributed by atoms with Crippen LogP contribution in [-0.2, 0) is 6.54 Å². The summed E-state index contributed by atoms with van der Waals surface area (Å²) in [5.41, 5.74) is 6.11. The number of hydrogen-bond acceptors (Lipinski definition) is 3. The van der Waals surface area contributed by atoms with Gasteiger partial charge in [-0.15, -0.1) is 11.8 Å². The molecule has 1 aromatic carbocycles. The Hall–Kier alpha value is -0.950. The molecule has 0 atom stereocenters. The maximum atomic E-state index is 12.8. The summed E-state index contributed by atoms with van der Waals surface area (Å²) < 4.78 is 54.5. The second-order valence-electron chi connectivity index (χ2n) is 3.72. The van der Waals surface area contributed by atoms with Crippen LogP contribution in [0.4, 0.5) is 17.6 Å². The lowest BCUT2D eigenvalue weighted by atomic mass is 10.2. The quantitative estimate of drug-likeness (QED) is 0.617. The van der Waals surface area contributed by atoms with E-state index in [0.717, 1.165) is 10.6 Å². The molecule has 0 aliphatic heterocycles. The first-order valence-electron chi connectivity index (χ1n) is 5.66. The van der Waals surface area contributed by atoms with Gasteiger partial charge in [-0.1, -0.05) is 13.0 Å². The van der Waals surface area contributed by atoms with Gasteiger partial charge in [0.25, 0.3) is 0 Å². The summed E-state index contributed by atoms with van der Waals surface area (Å²) in [5, 5.41) is 0. The Bertz CT molecular complexity index is 415. The van der Waals surface area contributed by atoms with Gasteiger partial charge in [-0.25, -0.2) is 8.78 Å². The zero-order valence-electron chi connectivity index (χ0n) is 10.3. The first-order chi connectivity index (χ1) is 8.92. The summed E-state index contributed by atoms with van der Waals surface area (Å²) in [5.74, 6) is -3.26. The fourth-order valence-corrected chi connectivity index (χ4v) is 2.25. The van der Waals surface area contributed by atoms with E-state index in [9.17, 15) is 17.6 Å². The molecule has 2 nitrogen and oxygen atoms in total. The minimum Gasteiger partial charge on any atom is -0.487 e. The zero-order chi connectivity index (χ0) is 14.5. The highest BCUT2D eigenvalue weighted by atomic mass is 32.2. The van der Waals surface area contributed by atoms with Crippen LogP contribution in [0.2, 0.25) is 0 Å². The summed E-state index contributed by atoms with van der Waals surface area (Å²) in [6.45, 7) is 0.667. The van der Waals surface area contributed by atoms with Gasteiger partial charge in [-0.2, -0.15) is 8.78 Å². The van der Waals surface area contributed by atoms with Crippen LogP contribution < -0.4 is 10.5 Å². The van der Waals surface area contributed by atoms with E-state index < -0.39 is 19.0 Å². The van der Waals surface area contributed by atoms with Crippen LogP contribution in [0.15, 0.2) is 23.1 Å². The van der Waals surface area contributed by atoms with E-state index in [-0.39, 0.29) is 12.3 Å². The molecule has 0 aliphatic carbocycles. The number of hydrogen-bond donors (Lipinski definition) is 1. The van der Waals surface area contributed by atoms with E-state index in [1.54, 1.807) is 12.1 Å². The van der Waals surface area contributed by atoms with Gasteiger partial charge >= 0.3 is 12.3 Å². The molecular weight excluding hydrogens is 282 g/mol. The van der Waals surface area contributed by atoms with Crippen molar-refractivity contribution in [1.82, 2.24) is 0 Å². The standard InChI is InChI=1S/C12H15F4NOS/c1-2-19-10-5-3-4-9(8(10)6-17)18-7-12(15,16)11(13)14/h3-5,11H,2,6-7,17H2,1H3. The van der Waals surface area contributed by atoms with Crippen LogP contribution in [0.25, 0.3) is 0 Å². The van der Waals surface area contributed by atoms with Crippen molar-refractivity contribution in [2.24, 2.45) is 5.73 Å². The van der Waals surface area contributed by atoms with Crippen LogP contribution >= 0.6 is 11.8 Å². The minimum absolute atomic E-state index is 0.0960. The third kappa shape index (κ3) is 4.28. The zero-order valence-corrected chi connectivity index (χ0v) is 11.2. The largest absolute Gasteiger partial charge is 0.487 e. The first-order valence-corrected chi connectivity index (χ1v) is 6.64. The van der Waals surface area contributed by atoms with E-state index in [1.165, 1.54) is 17.8 Å². The topological polar surface area (TPSA) is 35.2 Å². The molecule has 0 saturated carbocycles. The van der Waals surface area contributed by atoms with Gasteiger partial charge in [0.2, 0.25) is 0 Å². The molecule has 1 rings (SSSR count). The van der Waals surface area contributed by atoms with Gasteiger partial charge in [0.15, 0.2) is 6.61 Å². The molecular formula is C12H15F4NOS. The number of rotatable bonds is 7. The monoisotopic (exact) mass is 297 g/mol. The van der Waals surface area contributed by atoms with Crippen LogP contribution in [0.5, 0.6) is 5.75 Å². The lowest BCUT2D eigenvalue weighted by Crippen LogP contribution is -2.34. The van der Waals surface area contributed by atoms with E-state index in [0.29, 0.717) is 5.56 Å². The van der Waals surface area contributed by atoms with Crippen LogP contribution in [0.3, 0.4) is 0 Å². The van der Waals surface area contributed by atoms with Crippen molar-refractivity contribution >= 4 is 11.8 Å². The van der Waals surface area contributed by atoms with Gasteiger partial charge in [-0.3, -0.25) is 0 Å². The Morgan fingerprint density at radius 3 is 2.58 bits per heavy atom.